The average molecular weight is 431 g/mol. The zero-order valence-corrected chi connectivity index (χ0v) is 17.7. The van der Waals surface area contributed by atoms with E-state index < -0.39 is 16.0 Å². The Bertz CT molecular complexity index is 1200. The van der Waals surface area contributed by atoms with Gasteiger partial charge in [0, 0.05) is 26.7 Å². The van der Waals surface area contributed by atoms with E-state index >= 15 is 0 Å². The number of rotatable bonds is 7. The lowest BCUT2D eigenvalue weighted by atomic mass is 10.2. The summed E-state index contributed by atoms with van der Waals surface area (Å²) in [5, 5.41) is 0. The number of esters is 1. The number of ether oxygens (including phenoxy) is 1. The van der Waals surface area contributed by atoms with Gasteiger partial charge in [-0.2, -0.15) is 0 Å². The highest BCUT2D eigenvalue weighted by atomic mass is 32.2. The monoisotopic (exact) mass is 431 g/mol. The number of nitrogens with zero attached hydrogens (tertiary/aromatic N) is 3. The van der Waals surface area contributed by atoms with Crippen LogP contribution in [0.5, 0.6) is 0 Å². The lowest BCUT2D eigenvalue weighted by Gasteiger charge is -2.11. The van der Waals surface area contributed by atoms with E-state index in [9.17, 15) is 17.6 Å². The van der Waals surface area contributed by atoms with Crippen LogP contribution in [0.4, 0.5) is 4.39 Å². The SMILES string of the molecule is CCn1c(COC(=O)/C=C/c2ccc(F)cc2)nc2cc(S(=O)(=O)N(C)C)ccc21. The average Bonchev–Trinajstić information content (AvgIpc) is 3.08. The fourth-order valence-electron chi connectivity index (χ4n) is 2.92. The van der Waals surface area contributed by atoms with Gasteiger partial charge >= 0.3 is 5.97 Å². The van der Waals surface area contributed by atoms with Crippen molar-refractivity contribution in [2.24, 2.45) is 0 Å². The van der Waals surface area contributed by atoms with E-state index in [0.29, 0.717) is 23.4 Å². The first kappa shape index (κ1) is 21.7. The number of aromatic nitrogens is 2. The minimum absolute atomic E-state index is 0.0646. The molecule has 0 unspecified atom stereocenters. The minimum Gasteiger partial charge on any atom is -0.454 e. The second-order valence-electron chi connectivity index (χ2n) is 6.70. The molecule has 3 aromatic rings. The molecule has 0 fully saturated rings. The summed E-state index contributed by atoms with van der Waals surface area (Å²) in [4.78, 5) is 16.6. The van der Waals surface area contributed by atoms with Crippen LogP contribution in [0, 0.1) is 5.82 Å². The number of hydrogen-bond donors (Lipinski definition) is 0. The number of benzene rings is 2. The Hall–Kier alpha value is -3.04. The van der Waals surface area contributed by atoms with Gasteiger partial charge in [0.05, 0.1) is 15.9 Å². The summed E-state index contributed by atoms with van der Waals surface area (Å²) in [6.45, 7) is 2.44. The largest absolute Gasteiger partial charge is 0.454 e. The number of imidazole rings is 1. The standard InChI is InChI=1S/C21H22FN3O4S/c1-4-25-19-11-10-17(30(27,28)24(2)3)13-18(19)23-20(25)14-29-21(26)12-7-15-5-8-16(22)9-6-15/h5-13H,4,14H2,1-3H3/b12-7+. The molecule has 1 heterocycles. The summed E-state index contributed by atoms with van der Waals surface area (Å²) in [5.41, 5.74) is 1.93. The van der Waals surface area contributed by atoms with Crippen molar-refractivity contribution in [1.82, 2.24) is 13.9 Å². The van der Waals surface area contributed by atoms with Crippen LogP contribution in [0.25, 0.3) is 17.1 Å². The zero-order chi connectivity index (χ0) is 21.9. The van der Waals surface area contributed by atoms with Crippen molar-refractivity contribution in [3.8, 4) is 0 Å². The molecular formula is C21H22FN3O4S. The van der Waals surface area contributed by atoms with Crippen LogP contribution in [-0.2, 0) is 32.7 Å². The summed E-state index contributed by atoms with van der Waals surface area (Å²) in [6.07, 6.45) is 2.79. The fourth-order valence-corrected chi connectivity index (χ4v) is 3.84. The van der Waals surface area contributed by atoms with E-state index in [2.05, 4.69) is 4.98 Å². The molecule has 9 heteroatoms. The van der Waals surface area contributed by atoms with Gasteiger partial charge in [0.25, 0.3) is 0 Å². The van der Waals surface area contributed by atoms with Crippen molar-refractivity contribution < 1.29 is 22.3 Å². The Labute approximate surface area is 174 Å². The molecule has 0 spiro atoms. The van der Waals surface area contributed by atoms with Crippen molar-refractivity contribution in [2.45, 2.75) is 25.0 Å². The second-order valence-corrected chi connectivity index (χ2v) is 8.85. The molecule has 158 valence electrons. The molecule has 3 rings (SSSR count). The van der Waals surface area contributed by atoms with Crippen LogP contribution in [0.1, 0.15) is 18.3 Å². The molecule has 0 radical (unpaired) electrons. The van der Waals surface area contributed by atoms with Gasteiger partial charge in [0.15, 0.2) is 0 Å². The Morgan fingerprint density at radius 1 is 1.20 bits per heavy atom. The van der Waals surface area contributed by atoms with Crippen LogP contribution >= 0.6 is 0 Å². The van der Waals surface area contributed by atoms with Gasteiger partial charge in [0.1, 0.15) is 18.2 Å². The highest BCUT2D eigenvalue weighted by molar-refractivity contribution is 7.89. The molecule has 7 nitrogen and oxygen atoms in total. The third-order valence-corrected chi connectivity index (χ3v) is 6.33. The summed E-state index contributed by atoms with van der Waals surface area (Å²) in [5.74, 6) is -0.407. The molecule has 0 N–H and O–H groups in total. The van der Waals surface area contributed by atoms with E-state index in [-0.39, 0.29) is 17.3 Å². The molecule has 2 aromatic carbocycles. The van der Waals surface area contributed by atoms with Crippen molar-refractivity contribution in [3.63, 3.8) is 0 Å². The number of sulfonamides is 1. The topological polar surface area (TPSA) is 81.5 Å². The lowest BCUT2D eigenvalue weighted by Crippen LogP contribution is -2.22. The Morgan fingerprint density at radius 2 is 1.90 bits per heavy atom. The van der Waals surface area contributed by atoms with Crippen LogP contribution in [0.3, 0.4) is 0 Å². The molecule has 0 aliphatic carbocycles. The van der Waals surface area contributed by atoms with Crippen LogP contribution in [-0.4, -0.2) is 42.3 Å². The number of hydrogen-bond acceptors (Lipinski definition) is 5. The maximum atomic E-state index is 12.9. The predicted octanol–water partition coefficient (Wildman–Crippen LogP) is 3.20. The molecule has 0 saturated heterocycles. The first-order chi connectivity index (χ1) is 14.2. The first-order valence-corrected chi connectivity index (χ1v) is 10.7. The molecule has 0 saturated carbocycles. The second kappa shape index (κ2) is 8.76. The van der Waals surface area contributed by atoms with Gasteiger partial charge in [-0.05, 0) is 48.9 Å². The maximum absolute atomic E-state index is 12.9. The fraction of sp³-hybridized carbons (Fsp3) is 0.238. The smallest absolute Gasteiger partial charge is 0.331 e. The number of halogens is 1. The summed E-state index contributed by atoms with van der Waals surface area (Å²) >= 11 is 0. The zero-order valence-electron chi connectivity index (χ0n) is 16.9. The molecule has 1 aromatic heterocycles. The molecule has 0 atom stereocenters. The third-order valence-electron chi connectivity index (χ3n) is 4.52. The molecule has 0 aliphatic heterocycles. The number of carbonyl (C=O) groups is 1. The molecule has 0 bridgehead atoms. The van der Waals surface area contributed by atoms with E-state index in [1.165, 1.54) is 50.5 Å². The third kappa shape index (κ3) is 4.58. The summed E-state index contributed by atoms with van der Waals surface area (Å²) < 4.78 is 45.9. The molecule has 0 amide bonds. The normalized spacial score (nSPS) is 12.2. The Morgan fingerprint density at radius 3 is 2.53 bits per heavy atom. The maximum Gasteiger partial charge on any atom is 0.331 e. The van der Waals surface area contributed by atoms with Crippen molar-refractivity contribution in [3.05, 3.63) is 65.7 Å². The molecule has 0 aliphatic rings. The summed E-state index contributed by atoms with van der Waals surface area (Å²) in [7, 11) is -0.641. The highest BCUT2D eigenvalue weighted by Gasteiger charge is 2.19. The lowest BCUT2D eigenvalue weighted by molar-refractivity contribution is -0.139. The van der Waals surface area contributed by atoms with Crippen LogP contribution in [0.15, 0.2) is 53.4 Å². The highest BCUT2D eigenvalue weighted by Crippen LogP contribution is 2.22. The van der Waals surface area contributed by atoms with E-state index in [0.717, 1.165) is 9.82 Å². The van der Waals surface area contributed by atoms with Crippen molar-refractivity contribution in [1.29, 1.82) is 0 Å². The van der Waals surface area contributed by atoms with Gasteiger partial charge in [-0.25, -0.2) is 26.9 Å². The number of fused-ring (bicyclic) bond motifs is 1. The van der Waals surface area contributed by atoms with Crippen molar-refractivity contribution >= 4 is 33.1 Å². The van der Waals surface area contributed by atoms with Crippen LogP contribution < -0.4 is 0 Å². The predicted molar refractivity (Wildman–Crippen MR) is 112 cm³/mol. The van der Waals surface area contributed by atoms with Gasteiger partial charge < -0.3 is 9.30 Å². The van der Waals surface area contributed by atoms with Crippen LogP contribution in [0.2, 0.25) is 0 Å². The van der Waals surface area contributed by atoms with Gasteiger partial charge in [-0.15, -0.1) is 0 Å². The van der Waals surface area contributed by atoms with E-state index in [4.69, 9.17) is 4.74 Å². The van der Waals surface area contributed by atoms with Crippen molar-refractivity contribution in [2.75, 3.05) is 14.1 Å². The number of carbonyl (C=O) groups excluding carboxylic acids is 1. The first-order valence-electron chi connectivity index (χ1n) is 9.24. The van der Waals surface area contributed by atoms with Gasteiger partial charge in [-0.1, -0.05) is 12.1 Å². The van der Waals surface area contributed by atoms with E-state index in [1.54, 1.807) is 18.2 Å². The quantitative estimate of drug-likeness (QED) is 0.424. The Kier molecular flexibility index (Phi) is 6.33. The molecule has 30 heavy (non-hydrogen) atoms. The van der Waals surface area contributed by atoms with E-state index in [1.807, 2.05) is 11.5 Å². The van der Waals surface area contributed by atoms with Gasteiger partial charge in [-0.3, -0.25) is 0 Å². The molecular weight excluding hydrogens is 409 g/mol. The number of aryl methyl sites for hydroxylation is 1. The summed E-state index contributed by atoms with van der Waals surface area (Å²) in [6, 6.07) is 10.5. The minimum atomic E-state index is -3.57. The van der Waals surface area contributed by atoms with Gasteiger partial charge in [0.2, 0.25) is 10.0 Å². The Balaban J connectivity index is 1.78.